The van der Waals surface area contributed by atoms with Crippen molar-refractivity contribution in [3.05, 3.63) is 28.2 Å². The molecule has 2 N–H and O–H groups in total. The largest absolute Gasteiger partial charge is 0.479 e. The molecule has 1 aromatic carbocycles. The highest BCUT2D eigenvalue weighted by Gasteiger charge is 2.16. The number of halogens is 2. The van der Waals surface area contributed by atoms with E-state index in [1.54, 1.807) is 25.1 Å². The fourth-order valence-corrected chi connectivity index (χ4v) is 2.06. The number of amides is 2. The van der Waals surface area contributed by atoms with E-state index in [9.17, 15) is 9.59 Å². The molecule has 2 amide bonds. The molecular weight excluding hydrogens is 327 g/mol. The van der Waals surface area contributed by atoms with Gasteiger partial charge < -0.3 is 15.4 Å². The predicted octanol–water partition coefficient (Wildman–Crippen LogP) is 2.79. The van der Waals surface area contributed by atoms with Crippen molar-refractivity contribution in [2.45, 2.75) is 32.8 Å². The first-order chi connectivity index (χ1) is 10.4. The third-order valence-corrected chi connectivity index (χ3v) is 3.32. The lowest BCUT2D eigenvalue weighted by Gasteiger charge is -2.15. The molecule has 0 heterocycles. The van der Waals surface area contributed by atoms with Gasteiger partial charge in [0, 0.05) is 24.5 Å². The predicted molar refractivity (Wildman–Crippen MR) is 87.5 cm³/mol. The lowest BCUT2D eigenvalue weighted by molar-refractivity contribution is -0.127. The Labute approximate surface area is 140 Å². The summed E-state index contributed by atoms with van der Waals surface area (Å²) in [5, 5.41) is 6.22. The summed E-state index contributed by atoms with van der Waals surface area (Å²) in [6, 6.07) is 4.78. The van der Waals surface area contributed by atoms with Gasteiger partial charge in [-0.3, -0.25) is 9.59 Å². The first kappa shape index (κ1) is 18.6. The average Bonchev–Trinajstić information content (AvgIpc) is 2.47. The van der Waals surface area contributed by atoms with E-state index in [1.165, 1.54) is 0 Å². The summed E-state index contributed by atoms with van der Waals surface area (Å²) in [5.74, 6) is -0.0137. The number of carbonyl (C=O) groups is 2. The first-order valence-electron chi connectivity index (χ1n) is 7.10. The van der Waals surface area contributed by atoms with Crippen LogP contribution in [0.15, 0.2) is 18.2 Å². The number of rotatable bonds is 8. The molecule has 0 aliphatic carbocycles. The average molecular weight is 347 g/mol. The maximum atomic E-state index is 11.9. The van der Waals surface area contributed by atoms with E-state index in [0.717, 1.165) is 6.42 Å². The highest BCUT2D eigenvalue weighted by atomic mass is 35.5. The Morgan fingerprint density at radius 1 is 1.23 bits per heavy atom. The second kappa shape index (κ2) is 9.54. The van der Waals surface area contributed by atoms with Crippen LogP contribution < -0.4 is 15.4 Å². The quantitative estimate of drug-likeness (QED) is 0.760. The van der Waals surface area contributed by atoms with Gasteiger partial charge in [0.1, 0.15) is 5.75 Å². The molecule has 0 saturated heterocycles. The summed E-state index contributed by atoms with van der Waals surface area (Å²) in [5.41, 5.74) is 0. The Balaban J connectivity index is 2.37. The van der Waals surface area contributed by atoms with Gasteiger partial charge in [-0.2, -0.15) is 0 Å². The summed E-state index contributed by atoms with van der Waals surface area (Å²) < 4.78 is 5.48. The number of ether oxygens (including phenoxy) is 1. The Bertz CT molecular complexity index is 524. The molecule has 0 aliphatic heterocycles. The van der Waals surface area contributed by atoms with Gasteiger partial charge in [0.2, 0.25) is 5.91 Å². The van der Waals surface area contributed by atoms with Crippen molar-refractivity contribution in [1.29, 1.82) is 0 Å². The Morgan fingerprint density at radius 2 is 1.95 bits per heavy atom. The van der Waals surface area contributed by atoms with Gasteiger partial charge >= 0.3 is 0 Å². The van der Waals surface area contributed by atoms with Crippen molar-refractivity contribution < 1.29 is 14.3 Å². The van der Waals surface area contributed by atoms with E-state index < -0.39 is 6.10 Å². The molecule has 0 aromatic heterocycles. The Kier molecular flexibility index (Phi) is 8.06. The molecule has 1 atom stereocenters. The van der Waals surface area contributed by atoms with E-state index in [1.807, 2.05) is 6.92 Å². The maximum Gasteiger partial charge on any atom is 0.260 e. The van der Waals surface area contributed by atoms with Crippen LogP contribution in [0.1, 0.15) is 26.7 Å². The fourth-order valence-electron chi connectivity index (χ4n) is 1.61. The summed E-state index contributed by atoms with van der Waals surface area (Å²) in [6.07, 6.45) is 0.391. The molecule has 5 nitrogen and oxygen atoms in total. The van der Waals surface area contributed by atoms with Crippen molar-refractivity contribution in [3.8, 4) is 5.75 Å². The van der Waals surface area contributed by atoms with Gasteiger partial charge in [-0.05, 0) is 31.5 Å². The first-order valence-corrected chi connectivity index (χ1v) is 7.85. The van der Waals surface area contributed by atoms with Crippen molar-refractivity contribution in [2.75, 3.05) is 13.1 Å². The van der Waals surface area contributed by atoms with Gasteiger partial charge in [-0.25, -0.2) is 0 Å². The van der Waals surface area contributed by atoms with Crippen molar-refractivity contribution in [2.24, 2.45) is 0 Å². The Hall–Kier alpha value is -1.46. The van der Waals surface area contributed by atoms with Gasteiger partial charge in [0.05, 0.1) is 5.02 Å². The topological polar surface area (TPSA) is 67.4 Å². The highest BCUT2D eigenvalue weighted by Crippen LogP contribution is 2.28. The van der Waals surface area contributed by atoms with Crippen LogP contribution in [0.2, 0.25) is 10.0 Å². The van der Waals surface area contributed by atoms with Gasteiger partial charge in [0.25, 0.3) is 5.91 Å². The molecule has 1 rings (SSSR count). The third-order valence-electron chi connectivity index (χ3n) is 2.79. The van der Waals surface area contributed by atoms with Crippen molar-refractivity contribution in [3.63, 3.8) is 0 Å². The molecule has 0 saturated carbocycles. The van der Waals surface area contributed by atoms with Crippen molar-refractivity contribution >= 4 is 35.0 Å². The molecule has 0 spiro atoms. The zero-order chi connectivity index (χ0) is 16.5. The molecule has 0 radical (unpaired) electrons. The minimum atomic E-state index is -0.725. The molecule has 1 aromatic rings. The smallest absolute Gasteiger partial charge is 0.260 e. The number of benzene rings is 1. The number of hydrogen-bond donors (Lipinski definition) is 2. The normalized spacial score (nSPS) is 11.6. The zero-order valence-electron chi connectivity index (χ0n) is 12.6. The third kappa shape index (κ3) is 6.54. The lowest BCUT2D eigenvalue weighted by Crippen LogP contribution is -2.38. The van der Waals surface area contributed by atoms with Gasteiger partial charge in [-0.1, -0.05) is 30.1 Å². The summed E-state index contributed by atoms with van der Waals surface area (Å²) >= 11 is 11.8. The molecular formula is C15H20Cl2N2O3. The van der Waals surface area contributed by atoms with E-state index in [-0.39, 0.29) is 24.8 Å². The standard InChI is InChI=1S/C15H20Cl2N2O3/c1-3-7-18-14(20)6-8-19-15(21)10(2)22-13-5-4-11(16)9-12(13)17/h4-5,9-10H,3,6-8H2,1-2H3,(H,18,20)(H,19,21). The van der Waals surface area contributed by atoms with Crippen LogP contribution in [-0.4, -0.2) is 31.0 Å². The minimum absolute atomic E-state index is 0.0866. The van der Waals surface area contributed by atoms with E-state index in [2.05, 4.69) is 10.6 Å². The van der Waals surface area contributed by atoms with Gasteiger partial charge in [-0.15, -0.1) is 0 Å². The van der Waals surface area contributed by atoms with Crippen molar-refractivity contribution in [1.82, 2.24) is 10.6 Å². The SMILES string of the molecule is CCCNC(=O)CCNC(=O)C(C)Oc1ccc(Cl)cc1Cl. The molecule has 0 aliphatic rings. The van der Waals surface area contributed by atoms with Crippen LogP contribution in [0.5, 0.6) is 5.75 Å². The van der Waals surface area contributed by atoms with Crippen LogP contribution in [0, 0.1) is 0 Å². The second-order valence-electron chi connectivity index (χ2n) is 4.73. The zero-order valence-corrected chi connectivity index (χ0v) is 14.1. The molecule has 122 valence electrons. The summed E-state index contributed by atoms with van der Waals surface area (Å²) in [4.78, 5) is 23.3. The summed E-state index contributed by atoms with van der Waals surface area (Å²) in [6.45, 7) is 4.48. The van der Waals surface area contributed by atoms with Crippen LogP contribution in [-0.2, 0) is 9.59 Å². The van der Waals surface area contributed by atoms with E-state index in [0.29, 0.717) is 22.3 Å². The summed E-state index contributed by atoms with van der Waals surface area (Å²) in [7, 11) is 0. The molecule has 1 unspecified atom stereocenters. The number of carbonyl (C=O) groups excluding carboxylic acids is 2. The van der Waals surface area contributed by atoms with E-state index >= 15 is 0 Å². The van der Waals surface area contributed by atoms with Crippen LogP contribution >= 0.6 is 23.2 Å². The Morgan fingerprint density at radius 3 is 2.59 bits per heavy atom. The lowest BCUT2D eigenvalue weighted by atomic mass is 10.3. The van der Waals surface area contributed by atoms with Crippen LogP contribution in [0.25, 0.3) is 0 Å². The highest BCUT2D eigenvalue weighted by molar-refractivity contribution is 6.35. The molecule has 0 fully saturated rings. The molecule has 22 heavy (non-hydrogen) atoms. The van der Waals surface area contributed by atoms with Crippen LogP contribution in [0.3, 0.4) is 0 Å². The van der Waals surface area contributed by atoms with Crippen LogP contribution in [0.4, 0.5) is 0 Å². The van der Waals surface area contributed by atoms with Gasteiger partial charge in [0.15, 0.2) is 6.10 Å². The van der Waals surface area contributed by atoms with E-state index in [4.69, 9.17) is 27.9 Å². The second-order valence-corrected chi connectivity index (χ2v) is 5.57. The number of hydrogen-bond acceptors (Lipinski definition) is 3. The monoisotopic (exact) mass is 346 g/mol. The maximum absolute atomic E-state index is 11.9. The number of nitrogens with one attached hydrogen (secondary N) is 2. The minimum Gasteiger partial charge on any atom is -0.479 e. The fraction of sp³-hybridized carbons (Fsp3) is 0.467. The molecule has 0 bridgehead atoms. The molecule has 7 heteroatoms.